The van der Waals surface area contributed by atoms with E-state index >= 15 is 0 Å². The molecule has 7 heteroatoms. The van der Waals surface area contributed by atoms with E-state index in [2.05, 4.69) is 5.10 Å². The lowest BCUT2D eigenvalue weighted by molar-refractivity contribution is -0.132. The largest absolute Gasteiger partial charge is 0.491 e. The molecule has 2 heterocycles. The second-order valence-electron chi connectivity index (χ2n) is 7.24. The summed E-state index contributed by atoms with van der Waals surface area (Å²) in [6, 6.07) is 7.63. The highest BCUT2D eigenvalue weighted by atomic mass is 19.1. The van der Waals surface area contributed by atoms with Gasteiger partial charge in [-0.05, 0) is 49.6 Å². The summed E-state index contributed by atoms with van der Waals surface area (Å²) in [5, 5.41) is 15.1. The Balaban J connectivity index is 1.29. The van der Waals surface area contributed by atoms with Crippen molar-refractivity contribution >= 4 is 5.91 Å². The second-order valence-corrected chi connectivity index (χ2v) is 7.24. The maximum atomic E-state index is 12.9. The van der Waals surface area contributed by atoms with Crippen molar-refractivity contribution in [3.63, 3.8) is 0 Å². The van der Waals surface area contributed by atoms with Crippen LogP contribution in [0, 0.1) is 5.82 Å². The molecule has 4 rings (SSSR count). The van der Waals surface area contributed by atoms with Crippen molar-refractivity contribution in [1.82, 2.24) is 14.7 Å². The van der Waals surface area contributed by atoms with E-state index in [0.717, 1.165) is 5.69 Å². The molecule has 1 aliphatic heterocycles. The van der Waals surface area contributed by atoms with Crippen LogP contribution in [0.5, 0.6) is 5.75 Å². The molecule has 1 aliphatic carbocycles. The molecule has 1 saturated carbocycles. The molecule has 26 heavy (non-hydrogen) atoms. The molecule has 1 atom stereocenters. The second kappa shape index (κ2) is 6.72. The van der Waals surface area contributed by atoms with Gasteiger partial charge in [-0.25, -0.2) is 4.39 Å². The summed E-state index contributed by atoms with van der Waals surface area (Å²) >= 11 is 0. The first-order chi connectivity index (χ1) is 12.5. The molecule has 2 fully saturated rings. The summed E-state index contributed by atoms with van der Waals surface area (Å²) in [6.07, 6.45) is 4.65. The Hall–Kier alpha value is -2.41. The van der Waals surface area contributed by atoms with E-state index in [9.17, 15) is 14.3 Å². The molecule has 1 saturated heterocycles. The van der Waals surface area contributed by atoms with Gasteiger partial charge in [0.05, 0.1) is 12.2 Å². The summed E-state index contributed by atoms with van der Waals surface area (Å²) in [7, 11) is 0. The number of halogens is 1. The minimum Gasteiger partial charge on any atom is -0.491 e. The summed E-state index contributed by atoms with van der Waals surface area (Å²) in [5.41, 5.74) is -0.0312. The van der Waals surface area contributed by atoms with E-state index in [0.29, 0.717) is 24.6 Å². The first-order valence-corrected chi connectivity index (χ1v) is 8.93. The molecule has 1 amide bonds. The third kappa shape index (κ3) is 3.88. The number of β-amino-alcohol motifs (C(OH)–C–C–N with tert-alkyl or cyclic N) is 1. The number of benzene rings is 1. The first kappa shape index (κ1) is 17.0. The molecule has 1 N–H and O–H groups in total. The zero-order valence-corrected chi connectivity index (χ0v) is 14.5. The van der Waals surface area contributed by atoms with Crippen LogP contribution in [-0.2, 0) is 11.3 Å². The van der Waals surface area contributed by atoms with Gasteiger partial charge < -0.3 is 14.7 Å². The van der Waals surface area contributed by atoms with E-state index in [-0.39, 0.29) is 31.4 Å². The summed E-state index contributed by atoms with van der Waals surface area (Å²) in [6.45, 7) is 0.959. The van der Waals surface area contributed by atoms with Crippen LogP contribution in [0.25, 0.3) is 0 Å². The van der Waals surface area contributed by atoms with Gasteiger partial charge in [-0.15, -0.1) is 0 Å². The molecule has 0 unspecified atom stereocenters. The van der Waals surface area contributed by atoms with Crippen molar-refractivity contribution in [3.05, 3.63) is 48.0 Å². The van der Waals surface area contributed by atoms with Crippen molar-refractivity contribution in [1.29, 1.82) is 0 Å². The number of amides is 1. The molecule has 1 aromatic carbocycles. The van der Waals surface area contributed by atoms with Crippen molar-refractivity contribution in [3.8, 4) is 5.75 Å². The number of carbonyl (C=O) groups is 1. The Labute approximate surface area is 151 Å². The summed E-state index contributed by atoms with van der Waals surface area (Å²) in [4.78, 5) is 14.1. The predicted octanol–water partition coefficient (Wildman–Crippen LogP) is 1.94. The van der Waals surface area contributed by atoms with Crippen molar-refractivity contribution in [2.24, 2.45) is 0 Å². The molecule has 138 valence electrons. The van der Waals surface area contributed by atoms with Crippen LogP contribution in [0.4, 0.5) is 4.39 Å². The van der Waals surface area contributed by atoms with E-state index in [1.165, 1.54) is 37.1 Å². The minimum absolute atomic E-state index is 0.0619. The van der Waals surface area contributed by atoms with Gasteiger partial charge in [0.2, 0.25) is 5.91 Å². The van der Waals surface area contributed by atoms with Crippen LogP contribution in [0.3, 0.4) is 0 Å². The average Bonchev–Trinajstić information content (AvgIpc) is 3.25. The Morgan fingerprint density at radius 2 is 2.08 bits per heavy atom. The topological polar surface area (TPSA) is 67.6 Å². The zero-order chi connectivity index (χ0) is 18.1. The number of aliphatic hydroxyl groups is 1. The fourth-order valence-corrected chi connectivity index (χ4v) is 3.24. The van der Waals surface area contributed by atoms with Crippen molar-refractivity contribution < 1.29 is 19.0 Å². The predicted molar refractivity (Wildman–Crippen MR) is 92.2 cm³/mol. The monoisotopic (exact) mass is 359 g/mol. The number of rotatable bonds is 6. The Kier molecular flexibility index (Phi) is 4.40. The number of carbonyl (C=O) groups excluding carboxylic acids is 1. The van der Waals surface area contributed by atoms with E-state index in [4.69, 9.17) is 4.74 Å². The SMILES string of the molecule is O=C(Cn1ccc(C2CC2)n1)N1CC[C@](O)(COc2ccc(F)cc2)C1. The molecular weight excluding hydrogens is 337 g/mol. The van der Waals surface area contributed by atoms with Gasteiger partial charge >= 0.3 is 0 Å². The van der Waals surface area contributed by atoms with Gasteiger partial charge in [0.15, 0.2) is 0 Å². The summed E-state index contributed by atoms with van der Waals surface area (Å²) < 4.78 is 20.1. The van der Waals surface area contributed by atoms with Gasteiger partial charge in [0, 0.05) is 18.7 Å². The van der Waals surface area contributed by atoms with Crippen molar-refractivity contribution in [2.45, 2.75) is 37.3 Å². The Morgan fingerprint density at radius 1 is 1.31 bits per heavy atom. The lowest BCUT2D eigenvalue weighted by atomic mass is 10.1. The highest BCUT2D eigenvalue weighted by Gasteiger charge is 2.39. The standard InChI is InChI=1S/C19H22FN3O3/c20-15-3-5-16(6-4-15)26-13-19(25)8-10-22(12-19)18(24)11-23-9-7-17(21-23)14-1-2-14/h3-7,9,14,25H,1-2,8,10-13H2/t19-/m1/s1. The highest BCUT2D eigenvalue weighted by Crippen LogP contribution is 2.38. The van der Waals surface area contributed by atoms with Crippen LogP contribution >= 0.6 is 0 Å². The van der Waals surface area contributed by atoms with Crippen LogP contribution in [0.1, 0.15) is 30.9 Å². The van der Waals surface area contributed by atoms with E-state index < -0.39 is 5.60 Å². The fourth-order valence-electron chi connectivity index (χ4n) is 3.24. The zero-order valence-electron chi connectivity index (χ0n) is 14.5. The van der Waals surface area contributed by atoms with E-state index in [1.54, 1.807) is 9.58 Å². The van der Waals surface area contributed by atoms with Gasteiger partial charge in [-0.1, -0.05) is 0 Å². The lowest BCUT2D eigenvalue weighted by Crippen LogP contribution is -2.41. The normalized spacial score (nSPS) is 22.6. The molecule has 1 aromatic heterocycles. The molecular formula is C19H22FN3O3. The van der Waals surface area contributed by atoms with E-state index in [1.807, 2.05) is 12.3 Å². The molecule has 0 spiro atoms. The average molecular weight is 359 g/mol. The van der Waals surface area contributed by atoms with Gasteiger partial charge in [-0.2, -0.15) is 5.10 Å². The van der Waals surface area contributed by atoms with Crippen LogP contribution < -0.4 is 4.74 Å². The number of ether oxygens (including phenoxy) is 1. The molecule has 0 radical (unpaired) electrons. The smallest absolute Gasteiger partial charge is 0.244 e. The highest BCUT2D eigenvalue weighted by molar-refractivity contribution is 5.76. The number of hydrogen-bond acceptors (Lipinski definition) is 4. The number of nitrogens with zero attached hydrogens (tertiary/aromatic N) is 3. The molecule has 0 bridgehead atoms. The molecule has 6 nitrogen and oxygen atoms in total. The Bertz CT molecular complexity index is 788. The third-order valence-corrected chi connectivity index (χ3v) is 4.96. The lowest BCUT2D eigenvalue weighted by Gasteiger charge is -2.23. The minimum atomic E-state index is -1.09. The van der Waals surface area contributed by atoms with Crippen molar-refractivity contribution in [2.75, 3.05) is 19.7 Å². The maximum Gasteiger partial charge on any atom is 0.244 e. The van der Waals surface area contributed by atoms with Crippen LogP contribution in [-0.4, -0.2) is 51.0 Å². The Morgan fingerprint density at radius 3 is 2.81 bits per heavy atom. The third-order valence-electron chi connectivity index (χ3n) is 4.96. The fraction of sp³-hybridized carbons (Fsp3) is 0.474. The maximum absolute atomic E-state index is 12.9. The number of hydrogen-bond donors (Lipinski definition) is 1. The molecule has 2 aromatic rings. The number of aromatic nitrogens is 2. The molecule has 2 aliphatic rings. The first-order valence-electron chi connectivity index (χ1n) is 8.93. The quantitative estimate of drug-likeness (QED) is 0.856. The van der Waals surface area contributed by atoms with Gasteiger partial charge in [0.25, 0.3) is 0 Å². The number of likely N-dealkylation sites (tertiary alicyclic amines) is 1. The summed E-state index contributed by atoms with van der Waals surface area (Å²) in [5.74, 6) is 0.658. The van der Waals surface area contributed by atoms with Crippen LogP contribution in [0.2, 0.25) is 0 Å². The van der Waals surface area contributed by atoms with Crippen LogP contribution in [0.15, 0.2) is 36.5 Å². The van der Waals surface area contributed by atoms with Gasteiger partial charge in [-0.3, -0.25) is 9.48 Å². The van der Waals surface area contributed by atoms with Gasteiger partial charge in [0.1, 0.15) is 30.3 Å².